The zero-order valence-corrected chi connectivity index (χ0v) is 38.7. The number of fused-ring (bicyclic) bond motifs is 6. The van der Waals surface area contributed by atoms with Crippen molar-refractivity contribution in [1.82, 2.24) is 9.13 Å². The van der Waals surface area contributed by atoms with Crippen LogP contribution >= 0.6 is 10.0 Å². The zero-order valence-electron chi connectivity index (χ0n) is 37.9. The van der Waals surface area contributed by atoms with Gasteiger partial charge in [-0.3, -0.25) is 0 Å². The van der Waals surface area contributed by atoms with Crippen LogP contribution in [-0.2, 0) is 0 Å². The SMILES string of the molecule is c1ccc(-c2ccc(S(c3ccccc3)(c3ccccc3)c3cccc(-n4c5ccccc5c5cc(-n6c7ccccc7c7c(-c8ccccc8-c8ccccc8)cccc76)ccc54)c3)cc2)cc1. The summed E-state index contributed by atoms with van der Waals surface area (Å²) in [5.74, 6) is 0. The lowest BCUT2D eigenvalue weighted by Crippen LogP contribution is -2.06. The molecular formula is C66H46N2S. The van der Waals surface area contributed by atoms with Gasteiger partial charge in [0.05, 0.1) is 22.1 Å². The minimum atomic E-state index is -1.97. The van der Waals surface area contributed by atoms with Crippen LogP contribution in [0.2, 0.25) is 0 Å². The molecule has 0 fully saturated rings. The van der Waals surface area contributed by atoms with Crippen molar-refractivity contribution in [1.29, 1.82) is 0 Å². The third kappa shape index (κ3) is 6.65. The van der Waals surface area contributed by atoms with Crippen LogP contribution in [0.1, 0.15) is 0 Å². The Hall–Kier alpha value is -8.63. The van der Waals surface area contributed by atoms with Gasteiger partial charge in [-0.25, -0.2) is 0 Å². The second-order valence-corrected chi connectivity index (χ2v) is 20.8. The second-order valence-electron chi connectivity index (χ2n) is 17.6. The molecule has 2 heterocycles. The number of para-hydroxylation sites is 2. The smallest absolute Gasteiger partial charge is 0.0547 e. The van der Waals surface area contributed by atoms with Crippen molar-refractivity contribution in [2.24, 2.45) is 0 Å². The van der Waals surface area contributed by atoms with Gasteiger partial charge in [0.2, 0.25) is 0 Å². The van der Waals surface area contributed by atoms with E-state index in [2.05, 4.69) is 288 Å². The molecule has 69 heavy (non-hydrogen) atoms. The Morgan fingerprint density at radius 3 is 1.38 bits per heavy atom. The Morgan fingerprint density at radius 2 is 0.681 bits per heavy atom. The quantitative estimate of drug-likeness (QED) is 0.137. The zero-order chi connectivity index (χ0) is 45.7. The summed E-state index contributed by atoms with van der Waals surface area (Å²) < 4.78 is 4.94. The maximum atomic E-state index is 2.47. The third-order valence-electron chi connectivity index (χ3n) is 13.9. The molecule has 0 aliphatic rings. The van der Waals surface area contributed by atoms with Gasteiger partial charge in [-0.2, -0.15) is 0 Å². The number of hydrogen-bond donors (Lipinski definition) is 0. The van der Waals surface area contributed by atoms with Gasteiger partial charge in [-0.05, 0) is 124 Å². The first-order chi connectivity index (χ1) is 34.3. The van der Waals surface area contributed by atoms with Crippen molar-refractivity contribution in [3.63, 3.8) is 0 Å². The molecule has 0 amide bonds. The van der Waals surface area contributed by atoms with Gasteiger partial charge in [0.25, 0.3) is 0 Å². The standard InChI is InChI=1S/C66H46N2S/c1-5-21-47(22-6-1)48-39-42-54(43-40-48)69(52-26-9-3-10-27-52,53-28-11-4-12-29-53)55-30-19-25-50(45-55)67-62-36-17-15-33-58(62)61-46-51(41-44-64(61)67)68-63-37-18-16-34-60(63)66-59(35-20-38-65(66)68)57-32-14-13-31-56(57)49-23-7-2-8-24-49/h1-46H. The van der Waals surface area contributed by atoms with Crippen molar-refractivity contribution >= 4 is 53.6 Å². The summed E-state index contributed by atoms with van der Waals surface area (Å²) in [5, 5.41) is 4.93. The first-order valence-electron chi connectivity index (χ1n) is 23.7. The molecule has 0 spiro atoms. The van der Waals surface area contributed by atoms with E-state index in [0.29, 0.717) is 0 Å². The predicted molar refractivity (Wildman–Crippen MR) is 291 cm³/mol. The van der Waals surface area contributed by atoms with E-state index in [-0.39, 0.29) is 0 Å². The van der Waals surface area contributed by atoms with Crippen LogP contribution in [0.4, 0.5) is 0 Å². The summed E-state index contributed by atoms with van der Waals surface area (Å²) >= 11 is 0. The molecule has 2 nitrogen and oxygen atoms in total. The topological polar surface area (TPSA) is 9.86 Å². The van der Waals surface area contributed by atoms with E-state index >= 15 is 0 Å². The molecule has 0 atom stereocenters. The number of hydrogen-bond acceptors (Lipinski definition) is 0. The second kappa shape index (κ2) is 16.9. The maximum Gasteiger partial charge on any atom is 0.0547 e. The first-order valence-corrected chi connectivity index (χ1v) is 25.3. The molecule has 0 saturated heterocycles. The Kier molecular flexibility index (Phi) is 9.96. The molecule has 0 saturated carbocycles. The molecule has 2 aromatic heterocycles. The average molecular weight is 899 g/mol. The number of nitrogens with zero attached hydrogens (tertiary/aromatic N) is 2. The van der Waals surface area contributed by atoms with Crippen molar-refractivity contribution in [3.8, 4) is 44.8 Å². The van der Waals surface area contributed by atoms with Crippen LogP contribution < -0.4 is 0 Å². The van der Waals surface area contributed by atoms with Crippen LogP contribution in [0, 0.1) is 0 Å². The molecule has 0 bridgehead atoms. The van der Waals surface area contributed by atoms with E-state index in [0.717, 1.165) is 11.4 Å². The van der Waals surface area contributed by atoms with Crippen molar-refractivity contribution in [2.75, 3.05) is 0 Å². The fraction of sp³-hybridized carbons (Fsp3) is 0. The molecule has 13 aromatic rings. The molecule has 0 aliphatic heterocycles. The summed E-state index contributed by atoms with van der Waals surface area (Å²) in [6.07, 6.45) is 0. The molecule has 0 radical (unpaired) electrons. The highest BCUT2D eigenvalue weighted by Crippen LogP contribution is 2.73. The predicted octanol–water partition coefficient (Wildman–Crippen LogP) is 18.2. The fourth-order valence-electron chi connectivity index (χ4n) is 10.8. The molecule has 13 rings (SSSR count). The summed E-state index contributed by atoms with van der Waals surface area (Å²) in [4.78, 5) is 5.17. The highest BCUT2D eigenvalue weighted by atomic mass is 32.3. The van der Waals surface area contributed by atoms with Gasteiger partial charge in [0.1, 0.15) is 0 Å². The van der Waals surface area contributed by atoms with Crippen molar-refractivity contribution < 1.29 is 0 Å². The summed E-state index contributed by atoms with van der Waals surface area (Å²) in [5.41, 5.74) is 14.3. The van der Waals surface area contributed by atoms with E-state index < -0.39 is 10.0 Å². The van der Waals surface area contributed by atoms with Crippen LogP contribution in [-0.4, -0.2) is 9.13 Å². The van der Waals surface area contributed by atoms with E-state index in [9.17, 15) is 0 Å². The summed E-state index contributed by atoms with van der Waals surface area (Å²) in [7, 11) is -1.97. The normalized spacial score (nSPS) is 12.0. The Bertz CT molecular complexity index is 3940. The number of benzene rings is 11. The van der Waals surface area contributed by atoms with Crippen molar-refractivity contribution in [3.05, 3.63) is 279 Å². The molecule has 0 unspecified atom stereocenters. The van der Waals surface area contributed by atoms with Gasteiger partial charge >= 0.3 is 0 Å². The summed E-state index contributed by atoms with van der Waals surface area (Å²) in [6, 6.07) is 103. The van der Waals surface area contributed by atoms with E-state index in [1.165, 1.54) is 96.6 Å². The maximum absolute atomic E-state index is 2.47. The Morgan fingerprint density at radius 1 is 0.232 bits per heavy atom. The van der Waals surface area contributed by atoms with Crippen LogP contribution in [0.15, 0.2) is 299 Å². The lowest BCUT2D eigenvalue weighted by atomic mass is 9.92. The summed E-state index contributed by atoms with van der Waals surface area (Å²) in [6.45, 7) is 0. The molecule has 0 N–H and O–H groups in total. The number of aromatic nitrogens is 2. The van der Waals surface area contributed by atoms with Gasteiger partial charge in [-0.1, -0.05) is 188 Å². The fourth-order valence-corrected chi connectivity index (χ4v) is 14.7. The minimum absolute atomic E-state index is 1.13. The highest BCUT2D eigenvalue weighted by molar-refractivity contribution is 8.34. The van der Waals surface area contributed by atoms with E-state index in [4.69, 9.17) is 0 Å². The minimum Gasteiger partial charge on any atom is -0.309 e. The lowest BCUT2D eigenvalue weighted by molar-refractivity contribution is 1.14. The molecule has 0 aliphatic carbocycles. The monoisotopic (exact) mass is 898 g/mol. The molecule has 326 valence electrons. The van der Waals surface area contributed by atoms with Gasteiger partial charge in [0.15, 0.2) is 0 Å². The third-order valence-corrected chi connectivity index (χ3v) is 17.8. The Labute approximate surface area is 404 Å². The highest BCUT2D eigenvalue weighted by Gasteiger charge is 2.34. The van der Waals surface area contributed by atoms with Crippen LogP contribution in [0.3, 0.4) is 0 Å². The molecule has 3 heteroatoms. The molecular weight excluding hydrogens is 853 g/mol. The van der Waals surface area contributed by atoms with E-state index in [1.54, 1.807) is 0 Å². The van der Waals surface area contributed by atoms with Crippen molar-refractivity contribution in [2.45, 2.75) is 19.6 Å². The van der Waals surface area contributed by atoms with Gasteiger partial charge < -0.3 is 9.13 Å². The van der Waals surface area contributed by atoms with Gasteiger partial charge in [-0.15, -0.1) is 10.0 Å². The Balaban J connectivity index is 1.00. The van der Waals surface area contributed by atoms with Crippen LogP contribution in [0.25, 0.3) is 88.4 Å². The first kappa shape index (κ1) is 40.6. The van der Waals surface area contributed by atoms with Crippen LogP contribution in [0.5, 0.6) is 0 Å². The number of rotatable bonds is 9. The largest absolute Gasteiger partial charge is 0.309 e. The van der Waals surface area contributed by atoms with Gasteiger partial charge in [0, 0.05) is 52.5 Å². The molecule has 11 aromatic carbocycles. The lowest BCUT2D eigenvalue weighted by Gasteiger charge is -2.42. The average Bonchev–Trinajstić information content (AvgIpc) is 3.95. The van der Waals surface area contributed by atoms with E-state index in [1.807, 2.05) is 0 Å².